The van der Waals surface area contributed by atoms with Crippen molar-refractivity contribution in [3.8, 4) is 0 Å². The first-order valence-corrected chi connectivity index (χ1v) is 13.5. The number of carbonyl (C=O) groups is 1. The molecule has 1 N–H and O–H groups in total. The molecular weight excluding hydrogens is 488 g/mol. The normalized spacial score (nSPS) is 22.7. The van der Waals surface area contributed by atoms with Gasteiger partial charge in [-0.2, -0.15) is 0 Å². The Morgan fingerprint density at radius 1 is 1.24 bits per heavy atom. The molecule has 6 rings (SSSR count). The Morgan fingerprint density at radius 3 is 2.89 bits per heavy atom. The fourth-order valence-electron chi connectivity index (χ4n) is 6.21. The number of methoxy groups -OCH3 is 1. The summed E-state index contributed by atoms with van der Waals surface area (Å²) in [6.07, 6.45) is 6.02. The summed E-state index contributed by atoms with van der Waals surface area (Å²) in [6.45, 7) is 2.39. The van der Waals surface area contributed by atoms with Crippen LogP contribution in [0.25, 0.3) is 10.9 Å². The number of benzene rings is 2. The van der Waals surface area contributed by atoms with Crippen LogP contribution in [0.2, 0.25) is 0 Å². The number of hydrogen-bond acceptors (Lipinski definition) is 5. The molecule has 0 radical (unpaired) electrons. The first kappa shape index (κ1) is 25.3. The second-order valence-electron chi connectivity index (χ2n) is 10.7. The minimum atomic E-state index is -0.957. The molecule has 1 aromatic heterocycles. The van der Waals surface area contributed by atoms with Crippen LogP contribution in [0.4, 0.5) is 8.78 Å². The first-order valence-electron chi connectivity index (χ1n) is 13.5. The lowest BCUT2D eigenvalue weighted by atomic mass is 9.75. The quantitative estimate of drug-likeness (QED) is 0.439. The number of aromatic nitrogens is 1. The summed E-state index contributed by atoms with van der Waals surface area (Å²) >= 11 is 0. The van der Waals surface area contributed by atoms with Gasteiger partial charge in [-0.25, -0.2) is 8.78 Å². The largest absolute Gasteiger partial charge is 0.385 e. The number of fused-ring (bicyclic) bond motifs is 3. The van der Waals surface area contributed by atoms with Crippen LogP contribution in [0.5, 0.6) is 0 Å². The lowest BCUT2D eigenvalue weighted by Crippen LogP contribution is -2.55. The number of pyridine rings is 1. The van der Waals surface area contributed by atoms with Crippen molar-refractivity contribution >= 4 is 16.8 Å². The van der Waals surface area contributed by atoms with Gasteiger partial charge in [0.05, 0.1) is 18.0 Å². The third kappa shape index (κ3) is 4.59. The minimum Gasteiger partial charge on any atom is -0.385 e. The molecule has 1 amide bonds. The Hall–Kier alpha value is -2.94. The van der Waals surface area contributed by atoms with E-state index >= 15 is 0 Å². The Bertz CT molecular complexity index is 1360. The van der Waals surface area contributed by atoms with Crippen molar-refractivity contribution in [2.24, 2.45) is 5.92 Å². The second-order valence-corrected chi connectivity index (χ2v) is 10.7. The maximum Gasteiger partial charge on any atom is 0.230 e. The molecular formula is C30H33F2N3O3. The highest BCUT2D eigenvalue weighted by Crippen LogP contribution is 2.48. The molecule has 6 nitrogen and oxygen atoms in total. The van der Waals surface area contributed by atoms with E-state index in [0.717, 1.165) is 42.1 Å². The first-order chi connectivity index (χ1) is 18.5. The predicted octanol–water partition coefficient (Wildman–Crippen LogP) is 4.62. The molecule has 200 valence electrons. The van der Waals surface area contributed by atoms with Crippen molar-refractivity contribution < 1.29 is 23.0 Å². The Kier molecular flexibility index (Phi) is 6.88. The summed E-state index contributed by atoms with van der Waals surface area (Å²) in [6, 6.07) is 10.9. The predicted molar refractivity (Wildman–Crippen MR) is 139 cm³/mol. The van der Waals surface area contributed by atoms with Crippen LogP contribution in [0.15, 0.2) is 42.6 Å². The minimum absolute atomic E-state index is 0.00819. The maximum absolute atomic E-state index is 14.4. The molecule has 1 saturated carbocycles. The van der Waals surface area contributed by atoms with Crippen LogP contribution >= 0.6 is 0 Å². The zero-order valence-corrected chi connectivity index (χ0v) is 21.6. The maximum atomic E-state index is 14.4. The zero-order valence-electron chi connectivity index (χ0n) is 21.6. The summed E-state index contributed by atoms with van der Waals surface area (Å²) in [4.78, 5) is 21.0. The zero-order chi connectivity index (χ0) is 26.3. The van der Waals surface area contributed by atoms with E-state index in [1.165, 1.54) is 17.7 Å². The summed E-state index contributed by atoms with van der Waals surface area (Å²) in [5, 5.41) is 4.41. The number of rotatable bonds is 8. The van der Waals surface area contributed by atoms with E-state index in [1.54, 1.807) is 13.3 Å². The van der Waals surface area contributed by atoms with Gasteiger partial charge in [0.15, 0.2) is 11.6 Å². The number of aryl methyl sites for hydroxylation is 1. The van der Waals surface area contributed by atoms with Crippen LogP contribution in [0, 0.1) is 17.6 Å². The molecule has 1 saturated heterocycles. The molecule has 3 heterocycles. The number of hydrogen-bond donors (Lipinski definition) is 1. The molecule has 3 aliphatic rings. The highest BCUT2D eigenvalue weighted by atomic mass is 19.2. The average molecular weight is 522 g/mol. The fraction of sp³-hybridized carbons (Fsp3) is 0.467. The summed E-state index contributed by atoms with van der Waals surface area (Å²) < 4.78 is 39.9. The van der Waals surface area contributed by atoms with Crippen molar-refractivity contribution in [2.75, 3.05) is 26.8 Å². The van der Waals surface area contributed by atoms with Crippen LogP contribution < -0.4 is 5.32 Å². The number of amides is 1. The summed E-state index contributed by atoms with van der Waals surface area (Å²) in [7, 11) is 1.71. The molecule has 2 aliphatic heterocycles. The van der Waals surface area contributed by atoms with Gasteiger partial charge in [-0.1, -0.05) is 12.1 Å². The van der Waals surface area contributed by atoms with Gasteiger partial charge in [-0.3, -0.25) is 9.78 Å². The number of piperidine rings is 1. The van der Waals surface area contributed by atoms with Crippen molar-refractivity contribution in [1.82, 2.24) is 15.2 Å². The monoisotopic (exact) mass is 521 g/mol. The van der Waals surface area contributed by atoms with Crippen LogP contribution in [0.3, 0.4) is 0 Å². The van der Waals surface area contributed by atoms with Gasteiger partial charge in [0.1, 0.15) is 5.60 Å². The van der Waals surface area contributed by atoms with E-state index in [1.807, 2.05) is 11.0 Å². The van der Waals surface area contributed by atoms with E-state index in [4.69, 9.17) is 9.47 Å². The number of nitrogens with one attached hydrogen (secondary N) is 1. The molecule has 1 spiro atoms. The Labute approximate surface area is 221 Å². The topological polar surface area (TPSA) is 63.7 Å². The average Bonchev–Trinajstić information content (AvgIpc) is 3.72. The molecule has 2 fully saturated rings. The lowest BCUT2D eigenvalue weighted by Gasteiger charge is -2.43. The molecule has 0 unspecified atom stereocenters. The SMILES string of the molecule is COCCCc1cc(CN(C(=O)[C@H]2CNCC[C@@]23OCc2cc(F)c(F)cc23)C2CC2)c2ncccc2c1. The summed E-state index contributed by atoms with van der Waals surface area (Å²) in [5.74, 6) is -2.33. The van der Waals surface area contributed by atoms with E-state index in [2.05, 4.69) is 28.5 Å². The highest BCUT2D eigenvalue weighted by Gasteiger charge is 2.53. The molecule has 2 aromatic carbocycles. The highest BCUT2D eigenvalue weighted by molar-refractivity contribution is 5.85. The molecule has 1 aliphatic carbocycles. The smallest absolute Gasteiger partial charge is 0.230 e. The number of halogens is 2. The number of ether oxygens (including phenoxy) is 2. The van der Waals surface area contributed by atoms with Crippen LogP contribution in [-0.4, -0.2) is 48.6 Å². The fourth-order valence-corrected chi connectivity index (χ4v) is 6.21. The van der Waals surface area contributed by atoms with Gasteiger partial charge in [-0.15, -0.1) is 0 Å². The summed E-state index contributed by atoms with van der Waals surface area (Å²) in [5.41, 5.74) is 3.40. The van der Waals surface area contributed by atoms with Gasteiger partial charge in [0.25, 0.3) is 0 Å². The van der Waals surface area contributed by atoms with Crippen molar-refractivity contribution in [2.45, 2.75) is 56.9 Å². The molecule has 2 atom stereocenters. The Balaban J connectivity index is 1.34. The van der Waals surface area contributed by atoms with E-state index in [-0.39, 0.29) is 18.6 Å². The van der Waals surface area contributed by atoms with Gasteiger partial charge in [0, 0.05) is 44.4 Å². The lowest BCUT2D eigenvalue weighted by molar-refractivity contribution is -0.157. The van der Waals surface area contributed by atoms with Gasteiger partial charge < -0.3 is 19.7 Å². The molecule has 0 bridgehead atoms. The van der Waals surface area contributed by atoms with Gasteiger partial charge in [0.2, 0.25) is 5.91 Å². The third-order valence-electron chi connectivity index (χ3n) is 8.24. The molecule has 38 heavy (non-hydrogen) atoms. The third-order valence-corrected chi connectivity index (χ3v) is 8.24. The standard InChI is InChI=1S/C30H33F2N3O3/c1-37-11-3-4-19-12-20-5-2-9-34-28(20)21(13-19)17-35(23-6-7-23)29(36)25-16-33-10-8-30(25)24-15-27(32)26(31)14-22(24)18-38-30/h2,5,9,12-15,23,25,33H,3-4,6-8,10-11,16-18H2,1H3/t25-,30+/m1/s1. The van der Waals surface area contributed by atoms with E-state index in [9.17, 15) is 13.6 Å². The number of carbonyl (C=O) groups excluding carboxylic acids is 1. The van der Waals surface area contributed by atoms with Gasteiger partial charge in [-0.05, 0) is 85.2 Å². The number of nitrogens with zero attached hydrogens (tertiary/aromatic N) is 2. The van der Waals surface area contributed by atoms with Crippen molar-refractivity contribution in [3.05, 3.63) is 76.5 Å². The van der Waals surface area contributed by atoms with Crippen LogP contribution in [0.1, 0.15) is 47.9 Å². The molecule has 3 aromatic rings. The van der Waals surface area contributed by atoms with Crippen molar-refractivity contribution in [1.29, 1.82) is 0 Å². The second kappa shape index (κ2) is 10.3. The molecule has 8 heteroatoms. The van der Waals surface area contributed by atoms with Crippen LogP contribution in [-0.2, 0) is 39.4 Å². The van der Waals surface area contributed by atoms with E-state index < -0.39 is 23.2 Å². The van der Waals surface area contributed by atoms with Gasteiger partial charge >= 0.3 is 0 Å². The Morgan fingerprint density at radius 2 is 2.08 bits per heavy atom. The van der Waals surface area contributed by atoms with Crippen molar-refractivity contribution in [3.63, 3.8) is 0 Å². The van der Waals surface area contributed by atoms with E-state index in [0.29, 0.717) is 43.8 Å².